The van der Waals surface area contributed by atoms with Gasteiger partial charge < -0.3 is 14.3 Å². The third-order valence-electron chi connectivity index (χ3n) is 3.66. The molecule has 0 amide bonds. The quantitative estimate of drug-likeness (QED) is 0.611. The van der Waals surface area contributed by atoms with Gasteiger partial charge in [0.15, 0.2) is 0 Å². The van der Waals surface area contributed by atoms with Gasteiger partial charge >= 0.3 is 0 Å². The van der Waals surface area contributed by atoms with E-state index >= 15 is 0 Å². The van der Waals surface area contributed by atoms with Crippen LogP contribution in [0.25, 0.3) is 0 Å². The van der Waals surface area contributed by atoms with Crippen molar-refractivity contribution in [3.05, 3.63) is 29.8 Å². The summed E-state index contributed by atoms with van der Waals surface area (Å²) in [6, 6.07) is 8.09. The molecule has 2 rings (SSSR count). The molecular formula is C18H27NO3. The van der Waals surface area contributed by atoms with Crippen LogP contribution < -0.4 is 4.74 Å². The minimum Gasteiger partial charge on any atom is -0.491 e. The second-order valence-electron chi connectivity index (χ2n) is 5.86. The van der Waals surface area contributed by atoms with Gasteiger partial charge in [0.05, 0.1) is 12.3 Å². The molecule has 0 spiro atoms. The van der Waals surface area contributed by atoms with Crippen molar-refractivity contribution in [1.82, 2.24) is 0 Å². The third-order valence-corrected chi connectivity index (χ3v) is 3.66. The highest BCUT2D eigenvalue weighted by Gasteiger charge is 2.14. The molecule has 0 radical (unpaired) electrons. The summed E-state index contributed by atoms with van der Waals surface area (Å²) >= 11 is 0. The Balaban J connectivity index is 1.39. The molecule has 0 aliphatic carbocycles. The van der Waals surface area contributed by atoms with Gasteiger partial charge in [-0.25, -0.2) is 0 Å². The van der Waals surface area contributed by atoms with E-state index in [0.29, 0.717) is 13.2 Å². The fourth-order valence-corrected chi connectivity index (χ4v) is 2.38. The van der Waals surface area contributed by atoms with Crippen LogP contribution in [0.1, 0.15) is 44.6 Å². The van der Waals surface area contributed by atoms with Crippen molar-refractivity contribution in [1.29, 1.82) is 0 Å². The Hall–Kier alpha value is -1.55. The molecule has 0 bridgehead atoms. The van der Waals surface area contributed by atoms with Gasteiger partial charge in [-0.2, -0.15) is 0 Å². The molecule has 1 aliphatic heterocycles. The summed E-state index contributed by atoms with van der Waals surface area (Å²) in [5.74, 6) is 0.906. The normalized spacial score (nSPS) is 17.2. The second-order valence-corrected chi connectivity index (χ2v) is 5.86. The van der Waals surface area contributed by atoms with E-state index in [9.17, 15) is 0 Å². The summed E-state index contributed by atoms with van der Waals surface area (Å²) in [6.07, 6.45) is 5.75. The van der Waals surface area contributed by atoms with Crippen molar-refractivity contribution in [2.24, 2.45) is 5.16 Å². The molecule has 0 unspecified atom stereocenters. The van der Waals surface area contributed by atoms with Crippen LogP contribution in [0, 0.1) is 6.92 Å². The zero-order valence-electron chi connectivity index (χ0n) is 13.7. The van der Waals surface area contributed by atoms with Gasteiger partial charge in [0.25, 0.3) is 0 Å². The summed E-state index contributed by atoms with van der Waals surface area (Å²) in [5, 5.41) is 4.08. The molecular weight excluding hydrogens is 278 g/mol. The third kappa shape index (κ3) is 6.48. The SMILES string of the molecule is Cc1ccc(OCCOCCCCCC2=NO[C@@H](C)C2)cc1. The lowest BCUT2D eigenvalue weighted by atomic mass is 10.1. The topological polar surface area (TPSA) is 40.0 Å². The minimum atomic E-state index is 0.270. The molecule has 1 aromatic rings. The van der Waals surface area contributed by atoms with Gasteiger partial charge in [-0.05, 0) is 45.2 Å². The van der Waals surface area contributed by atoms with Crippen LogP contribution in [0.5, 0.6) is 5.75 Å². The Morgan fingerprint density at radius 3 is 2.64 bits per heavy atom. The fourth-order valence-electron chi connectivity index (χ4n) is 2.38. The van der Waals surface area contributed by atoms with Gasteiger partial charge in [0, 0.05) is 13.0 Å². The summed E-state index contributed by atoms with van der Waals surface area (Å²) in [6.45, 7) is 6.18. The van der Waals surface area contributed by atoms with Gasteiger partial charge in [0.2, 0.25) is 0 Å². The first-order valence-electron chi connectivity index (χ1n) is 8.23. The van der Waals surface area contributed by atoms with Crippen molar-refractivity contribution in [2.45, 2.75) is 52.1 Å². The molecule has 0 aromatic heterocycles. The van der Waals surface area contributed by atoms with Crippen molar-refractivity contribution in [3.63, 3.8) is 0 Å². The first kappa shape index (κ1) is 16.8. The zero-order valence-corrected chi connectivity index (χ0v) is 13.7. The van der Waals surface area contributed by atoms with E-state index in [1.54, 1.807) is 0 Å². The maximum atomic E-state index is 5.61. The minimum absolute atomic E-state index is 0.270. The Morgan fingerprint density at radius 1 is 1.09 bits per heavy atom. The van der Waals surface area contributed by atoms with E-state index < -0.39 is 0 Å². The highest BCUT2D eigenvalue weighted by atomic mass is 16.6. The zero-order chi connectivity index (χ0) is 15.6. The predicted octanol–water partition coefficient (Wildman–Crippen LogP) is 4.12. The summed E-state index contributed by atoms with van der Waals surface area (Å²) in [5.41, 5.74) is 2.45. The molecule has 4 nitrogen and oxygen atoms in total. The first-order chi connectivity index (χ1) is 10.7. The van der Waals surface area contributed by atoms with E-state index in [2.05, 4.69) is 31.1 Å². The average Bonchev–Trinajstić information content (AvgIpc) is 2.93. The van der Waals surface area contributed by atoms with Crippen LogP contribution in [-0.4, -0.2) is 31.6 Å². The van der Waals surface area contributed by atoms with Crippen LogP contribution in [0.4, 0.5) is 0 Å². The molecule has 1 heterocycles. The number of aryl methyl sites for hydroxylation is 1. The molecule has 0 saturated heterocycles. The maximum absolute atomic E-state index is 5.61. The van der Waals surface area contributed by atoms with Gasteiger partial charge in [-0.1, -0.05) is 29.3 Å². The van der Waals surface area contributed by atoms with Crippen LogP contribution >= 0.6 is 0 Å². The van der Waals surface area contributed by atoms with Crippen LogP contribution in [-0.2, 0) is 9.57 Å². The molecule has 1 atom stereocenters. The summed E-state index contributed by atoms with van der Waals surface area (Å²) in [7, 11) is 0. The van der Waals surface area contributed by atoms with Gasteiger partial charge in [0.1, 0.15) is 18.5 Å². The molecule has 1 aliphatic rings. The van der Waals surface area contributed by atoms with Crippen LogP contribution in [0.2, 0.25) is 0 Å². The Morgan fingerprint density at radius 2 is 1.91 bits per heavy atom. The highest BCUT2D eigenvalue weighted by Crippen LogP contribution is 2.14. The molecule has 0 N–H and O–H groups in total. The smallest absolute Gasteiger partial charge is 0.130 e. The van der Waals surface area contributed by atoms with Gasteiger partial charge in [-0.3, -0.25) is 0 Å². The number of hydrogen-bond donors (Lipinski definition) is 0. The standard InChI is InChI=1S/C18H27NO3/c1-15-7-9-18(10-8-15)21-13-12-20-11-5-3-4-6-17-14-16(2)22-19-17/h7-10,16H,3-6,11-14H2,1-2H3/t16-/m0/s1. The van der Waals surface area contributed by atoms with Crippen molar-refractivity contribution >= 4 is 5.71 Å². The van der Waals surface area contributed by atoms with E-state index in [1.165, 1.54) is 17.7 Å². The lowest BCUT2D eigenvalue weighted by molar-refractivity contribution is 0.0972. The lowest BCUT2D eigenvalue weighted by Crippen LogP contribution is -2.07. The Labute approximate surface area is 133 Å². The first-order valence-corrected chi connectivity index (χ1v) is 8.23. The molecule has 22 heavy (non-hydrogen) atoms. The Bertz CT molecular complexity index is 456. The van der Waals surface area contributed by atoms with Crippen LogP contribution in [0.15, 0.2) is 29.4 Å². The van der Waals surface area contributed by atoms with Crippen molar-refractivity contribution in [2.75, 3.05) is 19.8 Å². The predicted molar refractivity (Wildman–Crippen MR) is 88.6 cm³/mol. The molecule has 4 heteroatoms. The number of hydrogen-bond acceptors (Lipinski definition) is 4. The van der Waals surface area contributed by atoms with Gasteiger partial charge in [-0.15, -0.1) is 0 Å². The van der Waals surface area contributed by atoms with Crippen LogP contribution in [0.3, 0.4) is 0 Å². The number of oxime groups is 1. The van der Waals surface area contributed by atoms with Crippen molar-refractivity contribution in [3.8, 4) is 5.75 Å². The highest BCUT2D eigenvalue weighted by molar-refractivity contribution is 5.85. The number of ether oxygens (including phenoxy) is 2. The summed E-state index contributed by atoms with van der Waals surface area (Å²) in [4.78, 5) is 5.18. The summed E-state index contributed by atoms with van der Waals surface area (Å²) < 4.78 is 11.2. The molecule has 0 fully saturated rings. The molecule has 1 aromatic carbocycles. The largest absolute Gasteiger partial charge is 0.491 e. The number of rotatable bonds is 10. The van der Waals surface area contributed by atoms with E-state index in [1.807, 2.05) is 12.1 Å². The van der Waals surface area contributed by atoms with E-state index in [-0.39, 0.29) is 6.10 Å². The molecule has 0 saturated carbocycles. The Kier molecular flexibility index (Phi) is 7.23. The van der Waals surface area contributed by atoms with E-state index in [4.69, 9.17) is 14.3 Å². The van der Waals surface area contributed by atoms with Crippen molar-refractivity contribution < 1.29 is 14.3 Å². The lowest BCUT2D eigenvalue weighted by Gasteiger charge is -2.07. The maximum Gasteiger partial charge on any atom is 0.130 e. The number of unbranched alkanes of at least 4 members (excludes halogenated alkanes) is 2. The average molecular weight is 305 g/mol. The number of nitrogens with zero attached hydrogens (tertiary/aromatic N) is 1. The molecule has 122 valence electrons. The fraction of sp³-hybridized carbons (Fsp3) is 0.611. The monoisotopic (exact) mass is 305 g/mol. The number of benzene rings is 1. The second kappa shape index (κ2) is 9.46. The van der Waals surface area contributed by atoms with E-state index in [0.717, 1.165) is 38.0 Å².